The maximum atomic E-state index is 12.9. The van der Waals surface area contributed by atoms with Gasteiger partial charge in [-0.3, -0.25) is 9.78 Å². The van der Waals surface area contributed by atoms with Crippen LogP contribution in [-0.4, -0.2) is 57.3 Å². The van der Waals surface area contributed by atoms with Gasteiger partial charge in [-0.15, -0.1) is 0 Å². The van der Waals surface area contributed by atoms with Crippen molar-refractivity contribution in [2.45, 2.75) is 24.7 Å². The smallest absolute Gasteiger partial charge is 0.270 e. The minimum absolute atomic E-state index is 0.0574. The molecule has 3 aromatic rings. The molecule has 0 atom stereocenters. The van der Waals surface area contributed by atoms with E-state index in [4.69, 9.17) is 9.26 Å². The highest BCUT2D eigenvalue weighted by molar-refractivity contribution is 5.92. The van der Waals surface area contributed by atoms with Crippen molar-refractivity contribution in [3.8, 4) is 11.5 Å². The first-order valence-electron chi connectivity index (χ1n) is 9.77. The number of methoxy groups -OCH3 is 1. The first-order valence-corrected chi connectivity index (χ1v) is 9.77. The monoisotopic (exact) mass is 395 g/mol. The summed E-state index contributed by atoms with van der Waals surface area (Å²) in [5, 5.41) is 4.30. The molecule has 0 unspecified atom stereocenters. The SMILES string of the molecule is COCCC1(c2noc(-c3cccnc3)n2)CCN(C(=O)c2cccn2C)CC1. The van der Waals surface area contributed by atoms with E-state index in [0.717, 1.165) is 24.8 Å². The van der Waals surface area contributed by atoms with Gasteiger partial charge in [0.1, 0.15) is 5.69 Å². The molecule has 1 fully saturated rings. The maximum absolute atomic E-state index is 12.9. The van der Waals surface area contributed by atoms with Crippen LogP contribution in [0.3, 0.4) is 0 Å². The maximum Gasteiger partial charge on any atom is 0.270 e. The first-order chi connectivity index (χ1) is 14.1. The summed E-state index contributed by atoms with van der Waals surface area (Å²) in [5.74, 6) is 1.20. The Kier molecular flexibility index (Phi) is 5.44. The van der Waals surface area contributed by atoms with Gasteiger partial charge in [-0.25, -0.2) is 0 Å². The Morgan fingerprint density at radius 2 is 2.10 bits per heavy atom. The van der Waals surface area contributed by atoms with Gasteiger partial charge >= 0.3 is 0 Å². The third kappa shape index (κ3) is 3.80. The molecule has 4 heterocycles. The van der Waals surface area contributed by atoms with Crippen molar-refractivity contribution in [3.63, 3.8) is 0 Å². The van der Waals surface area contributed by atoms with Gasteiger partial charge in [0.05, 0.1) is 5.56 Å². The molecule has 0 saturated carbocycles. The highest BCUT2D eigenvalue weighted by Crippen LogP contribution is 2.38. The molecule has 8 nitrogen and oxygen atoms in total. The van der Waals surface area contributed by atoms with E-state index < -0.39 is 0 Å². The second-order valence-electron chi connectivity index (χ2n) is 7.48. The lowest BCUT2D eigenvalue weighted by Gasteiger charge is -2.39. The number of likely N-dealkylation sites (tertiary alicyclic amines) is 1. The number of nitrogens with zero attached hydrogens (tertiary/aromatic N) is 5. The number of aryl methyl sites for hydroxylation is 1. The van der Waals surface area contributed by atoms with E-state index in [1.165, 1.54) is 0 Å². The zero-order valence-corrected chi connectivity index (χ0v) is 16.7. The number of pyridine rings is 1. The Morgan fingerprint density at radius 3 is 2.76 bits per heavy atom. The quantitative estimate of drug-likeness (QED) is 0.638. The fraction of sp³-hybridized carbons (Fsp3) is 0.429. The molecular weight excluding hydrogens is 370 g/mol. The molecule has 0 spiro atoms. The molecule has 3 aromatic heterocycles. The van der Waals surface area contributed by atoms with Crippen molar-refractivity contribution in [1.82, 2.24) is 24.6 Å². The number of rotatable bonds is 6. The summed E-state index contributed by atoms with van der Waals surface area (Å²) in [6.07, 6.45) is 7.61. The van der Waals surface area contributed by atoms with E-state index in [-0.39, 0.29) is 11.3 Å². The van der Waals surface area contributed by atoms with Gasteiger partial charge in [-0.05, 0) is 43.5 Å². The second kappa shape index (κ2) is 8.16. The third-order valence-corrected chi connectivity index (χ3v) is 5.76. The summed E-state index contributed by atoms with van der Waals surface area (Å²) in [6, 6.07) is 7.48. The zero-order valence-electron chi connectivity index (χ0n) is 16.7. The highest BCUT2D eigenvalue weighted by atomic mass is 16.5. The van der Waals surface area contributed by atoms with E-state index in [9.17, 15) is 4.79 Å². The van der Waals surface area contributed by atoms with Gasteiger partial charge in [0.2, 0.25) is 0 Å². The van der Waals surface area contributed by atoms with Crippen molar-refractivity contribution in [2.75, 3.05) is 26.8 Å². The lowest BCUT2D eigenvalue weighted by atomic mass is 9.75. The molecule has 0 aromatic carbocycles. The highest BCUT2D eigenvalue weighted by Gasteiger charge is 2.41. The van der Waals surface area contributed by atoms with Crippen LogP contribution in [-0.2, 0) is 17.2 Å². The number of carbonyl (C=O) groups is 1. The molecule has 1 aliphatic heterocycles. The molecule has 0 aliphatic carbocycles. The summed E-state index contributed by atoms with van der Waals surface area (Å²) in [5.41, 5.74) is 1.22. The van der Waals surface area contributed by atoms with Crippen LogP contribution in [0.1, 0.15) is 35.6 Å². The van der Waals surface area contributed by atoms with E-state index in [1.54, 1.807) is 19.5 Å². The van der Waals surface area contributed by atoms with E-state index in [0.29, 0.717) is 37.1 Å². The summed E-state index contributed by atoms with van der Waals surface area (Å²) in [6.45, 7) is 1.89. The molecule has 4 rings (SSSR count). The van der Waals surface area contributed by atoms with Gasteiger partial charge in [0.25, 0.3) is 11.8 Å². The number of amides is 1. The Morgan fingerprint density at radius 1 is 1.28 bits per heavy atom. The lowest BCUT2D eigenvalue weighted by Crippen LogP contribution is -2.46. The van der Waals surface area contributed by atoms with Gasteiger partial charge in [-0.1, -0.05) is 5.16 Å². The van der Waals surface area contributed by atoms with Gasteiger partial charge in [-0.2, -0.15) is 4.98 Å². The average Bonchev–Trinajstić information content (AvgIpc) is 3.42. The van der Waals surface area contributed by atoms with Crippen LogP contribution in [0.15, 0.2) is 47.4 Å². The topological polar surface area (TPSA) is 86.3 Å². The standard InChI is InChI=1S/C21H25N5O3/c1-25-11-4-6-17(25)19(27)26-12-7-21(8-13-26,9-14-28-2)20-23-18(29-24-20)16-5-3-10-22-15-16/h3-6,10-11,15H,7-9,12-14H2,1-2H3. The molecule has 152 valence electrons. The predicted octanol–water partition coefficient (Wildman–Crippen LogP) is 2.68. The fourth-order valence-corrected chi connectivity index (χ4v) is 3.91. The Bertz CT molecular complexity index is 958. The summed E-state index contributed by atoms with van der Waals surface area (Å²) in [4.78, 5) is 23.6. The number of ether oxygens (including phenoxy) is 1. The van der Waals surface area contributed by atoms with E-state index in [2.05, 4.69) is 15.1 Å². The van der Waals surface area contributed by atoms with Crippen LogP contribution in [0.4, 0.5) is 0 Å². The van der Waals surface area contributed by atoms with Crippen molar-refractivity contribution in [1.29, 1.82) is 0 Å². The number of hydrogen-bond donors (Lipinski definition) is 0. The normalized spacial score (nSPS) is 16.1. The summed E-state index contributed by atoms with van der Waals surface area (Å²) in [7, 11) is 3.58. The second-order valence-corrected chi connectivity index (χ2v) is 7.48. The van der Waals surface area contributed by atoms with Crippen LogP contribution in [0.25, 0.3) is 11.5 Å². The molecule has 1 aliphatic rings. The molecular formula is C21H25N5O3. The average molecular weight is 395 g/mol. The Hall–Kier alpha value is -3.00. The van der Waals surface area contributed by atoms with Crippen molar-refractivity contribution >= 4 is 5.91 Å². The van der Waals surface area contributed by atoms with Crippen molar-refractivity contribution in [2.24, 2.45) is 7.05 Å². The molecule has 29 heavy (non-hydrogen) atoms. The summed E-state index contributed by atoms with van der Waals surface area (Å²) < 4.78 is 12.7. The molecule has 1 amide bonds. The predicted molar refractivity (Wildman–Crippen MR) is 106 cm³/mol. The summed E-state index contributed by atoms with van der Waals surface area (Å²) >= 11 is 0. The molecule has 8 heteroatoms. The van der Waals surface area contributed by atoms with Gasteiger partial charge < -0.3 is 18.7 Å². The number of hydrogen-bond acceptors (Lipinski definition) is 6. The van der Waals surface area contributed by atoms with Gasteiger partial charge in [0.15, 0.2) is 5.82 Å². The fourth-order valence-electron chi connectivity index (χ4n) is 3.91. The van der Waals surface area contributed by atoms with E-state index in [1.807, 2.05) is 47.0 Å². The molecule has 0 bridgehead atoms. The minimum atomic E-state index is -0.273. The van der Waals surface area contributed by atoms with Crippen molar-refractivity contribution < 1.29 is 14.1 Å². The van der Waals surface area contributed by atoms with Crippen LogP contribution in [0.5, 0.6) is 0 Å². The Labute approximate surface area is 169 Å². The van der Waals surface area contributed by atoms with Crippen LogP contribution < -0.4 is 0 Å². The van der Waals surface area contributed by atoms with Crippen LogP contribution >= 0.6 is 0 Å². The zero-order chi connectivity index (χ0) is 20.3. The minimum Gasteiger partial charge on any atom is -0.385 e. The number of piperidine rings is 1. The number of aromatic nitrogens is 4. The lowest BCUT2D eigenvalue weighted by molar-refractivity contribution is 0.0607. The van der Waals surface area contributed by atoms with Crippen molar-refractivity contribution in [3.05, 3.63) is 54.4 Å². The molecule has 1 saturated heterocycles. The largest absolute Gasteiger partial charge is 0.385 e. The molecule has 0 radical (unpaired) electrons. The Balaban J connectivity index is 1.54. The third-order valence-electron chi connectivity index (χ3n) is 5.76. The van der Waals surface area contributed by atoms with Crippen LogP contribution in [0, 0.1) is 0 Å². The van der Waals surface area contributed by atoms with E-state index >= 15 is 0 Å². The number of carbonyl (C=O) groups excluding carboxylic acids is 1. The van der Waals surface area contributed by atoms with Gasteiger partial charge in [0, 0.05) is 57.9 Å². The van der Waals surface area contributed by atoms with Crippen LogP contribution in [0.2, 0.25) is 0 Å². The first kappa shape index (κ1) is 19.3. The molecule has 0 N–H and O–H groups in total.